The van der Waals surface area contributed by atoms with Crippen molar-refractivity contribution in [3.05, 3.63) is 36.5 Å². The number of rotatable bonds is 2. The van der Waals surface area contributed by atoms with E-state index in [1.54, 1.807) is 0 Å². The van der Waals surface area contributed by atoms with Crippen molar-refractivity contribution in [2.24, 2.45) is 5.41 Å². The minimum absolute atomic E-state index is 0.181. The molecule has 0 nitrogen and oxygen atoms in total. The highest BCUT2D eigenvalue weighted by molar-refractivity contribution is 5.30. The highest BCUT2D eigenvalue weighted by atomic mass is 14.2. The van der Waals surface area contributed by atoms with Crippen LogP contribution in [0.25, 0.3) is 0 Å². The first kappa shape index (κ1) is 14.7. The van der Waals surface area contributed by atoms with E-state index in [4.69, 9.17) is 0 Å². The zero-order valence-electron chi connectivity index (χ0n) is 10.1. The Hall–Kier alpha value is -0.780. The Morgan fingerprint density at radius 3 is 1.62 bits per heavy atom. The van der Waals surface area contributed by atoms with E-state index in [9.17, 15) is 0 Å². The van der Waals surface area contributed by atoms with E-state index in [0.717, 1.165) is 5.57 Å². The summed E-state index contributed by atoms with van der Waals surface area (Å²) < 4.78 is 0. The molecule has 0 heterocycles. The maximum absolute atomic E-state index is 3.83. The quantitative estimate of drug-likeness (QED) is 0.538. The predicted octanol–water partition coefficient (Wildman–Crippen LogP) is 4.75. The third-order valence-electron chi connectivity index (χ3n) is 1.49. The molecule has 13 heavy (non-hydrogen) atoms. The van der Waals surface area contributed by atoms with E-state index in [0.29, 0.717) is 0 Å². The summed E-state index contributed by atoms with van der Waals surface area (Å²) in [5, 5.41) is 0. The molecule has 0 aliphatic rings. The Bertz CT molecular complexity index is 187. The molecule has 76 valence electrons. The summed E-state index contributed by atoms with van der Waals surface area (Å²) in [6, 6.07) is 0. The molecule has 0 aliphatic carbocycles. The molecule has 0 N–H and O–H groups in total. The lowest BCUT2D eigenvalue weighted by Gasteiger charge is -2.20. The second-order valence-corrected chi connectivity index (χ2v) is 3.90. The molecule has 0 atom stereocenters. The molecule has 0 bridgehead atoms. The van der Waals surface area contributed by atoms with Gasteiger partial charge >= 0.3 is 0 Å². The fourth-order valence-electron chi connectivity index (χ4n) is 0.847. The molecule has 0 aromatic carbocycles. The molecular formula is C13H24. The van der Waals surface area contributed by atoms with E-state index in [1.807, 2.05) is 26.8 Å². The zero-order chi connectivity index (χ0) is 11.1. The van der Waals surface area contributed by atoms with Gasteiger partial charge in [0.25, 0.3) is 0 Å². The van der Waals surface area contributed by atoms with Crippen LogP contribution in [-0.4, -0.2) is 0 Å². The molecule has 0 rings (SSSR count). The van der Waals surface area contributed by atoms with Crippen LogP contribution in [0.3, 0.4) is 0 Å². The fourth-order valence-corrected chi connectivity index (χ4v) is 0.847. The number of hydrogen-bond acceptors (Lipinski definition) is 0. The summed E-state index contributed by atoms with van der Waals surface area (Å²) in [6.45, 7) is 20.1. The molecule has 0 radical (unpaired) electrons. The molecular weight excluding hydrogens is 156 g/mol. The smallest absolute Gasteiger partial charge is 0.0132 e. The SMILES string of the molecule is C=C/C(=C\C(=C)C)C(C)(C)C.CC. The van der Waals surface area contributed by atoms with Crippen LogP contribution >= 0.6 is 0 Å². The first-order valence-corrected chi connectivity index (χ1v) is 4.88. The zero-order valence-corrected chi connectivity index (χ0v) is 10.1. The molecule has 0 heteroatoms. The van der Waals surface area contributed by atoms with Gasteiger partial charge < -0.3 is 0 Å². The van der Waals surface area contributed by atoms with E-state index in [2.05, 4.69) is 40.0 Å². The molecule has 0 unspecified atom stereocenters. The Labute approximate surface area is 84.1 Å². The second kappa shape index (κ2) is 6.71. The minimum atomic E-state index is 0.181. The third-order valence-corrected chi connectivity index (χ3v) is 1.49. The van der Waals surface area contributed by atoms with Crippen LogP contribution in [0, 0.1) is 5.41 Å². The molecule has 0 aromatic heterocycles. The summed E-state index contributed by atoms with van der Waals surface area (Å²) >= 11 is 0. The topological polar surface area (TPSA) is 0 Å². The van der Waals surface area contributed by atoms with Crippen molar-refractivity contribution < 1.29 is 0 Å². The summed E-state index contributed by atoms with van der Waals surface area (Å²) in [5.41, 5.74) is 2.50. The van der Waals surface area contributed by atoms with Crippen LogP contribution in [-0.2, 0) is 0 Å². The lowest BCUT2D eigenvalue weighted by molar-refractivity contribution is 0.517. The van der Waals surface area contributed by atoms with E-state index in [1.165, 1.54) is 5.57 Å². The van der Waals surface area contributed by atoms with Crippen molar-refractivity contribution >= 4 is 0 Å². The minimum Gasteiger partial charge on any atom is -0.0988 e. The van der Waals surface area contributed by atoms with E-state index >= 15 is 0 Å². The summed E-state index contributed by atoms with van der Waals surface area (Å²) in [6.07, 6.45) is 3.97. The monoisotopic (exact) mass is 180 g/mol. The largest absolute Gasteiger partial charge is 0.0988 e. The molecule has 0 saturated carbocycles. The molecule has 0 aromatic rings. The van der Waals surface area contributed by atoms with Crippen LogP contribution in [0.5, 0.6) is 0 Å². The van der Waals surface area contributed by atoms with Crippen molar-refractivity contribution in [2.75, 3.05) is 0 Å². The molecule has 0 saturated heterocycles. The van der Waals surface area contributed by atoms with Crippen molar-refractivity contribution in [3.8, 4) is 0 Å². The molecule has 0 fully saturated rings. The first-order chi connectivity index (χ1) is 5.88. The first-order valence-electron chi connectivity index (χ1n) is 4.88. The Morgan fingerprint density at radius 1 is 1.15 bits per heavy atom. The van der Waals surface area contributed by atoms with Crippen LogP contribution < -0.4 is 0 Å². The van der Waals surface area contributed by atoms with Crippen LogP contribution in [0.15, 0.2) is 36.5 Å². The van der Waals surface area contributed by atoms with Gasteiger partial charge in [-0.25, -0.2) is 0 Å². The predicted molar refractivity (Wildman–Crippen MR) is 63.9 cm³/mol. The molecule has 0 spiro atoms. The summed E-state index contributed by atoms with van der Waals surface area (Å²) in [5.74, 6) is 0. The van der Waals surface area contributed by atoms with Gasteiger partial charge in [-0.05, 0) is 17.9 Å². The van der Waals surface area contributed by atoms with Crippen molar-refractivity contribution in [2.45, 2.75) is 41.5 Å². The Kier molecular flexibility index (Phi) is 7.60. The van der Waals surface area contributed by atoms with Gasteiger partial charge in [0.1, 0.15) is 0 Å². The van der Waals surface area contributed by atoms with Gasteiger partial charge in [0.2, 0.25) is 0 Å². The van der Waals surface area contributed by atoms with Gasteiger partial charge in [-0.15, -0.1) is 0 Å². The number of allylic oxidation sites excluding steroid dienone is 4. The van der Waals surface area contributed by atoms with Gasteiger partial charge in [0.15, 0.2) is 0 Å². The van der Waals surface area contributed by atoms with E-state index in [-0.39, 0.29) is 5.41 Å². The van der Waals surface area contributed by atoms with Gasteiger partial charge in [0, 0.05) is 0 Å². The van der Waals surface area contributed by atoms with Crippen molar-refractivity contribution in [3.63, 3.8) is 0 Å². The van der Waals surface area contributed by atoms with Gasteiger partial charge in [-0.2, -0.15) is 0 Å². The lowest BCUT2D eigenvalue weighted by atomic mass is 9.85. The highest BCUT2D eigenvalue weighted by Crippen LogP contribution is 2.26. The molecule has 0 aliphatic heterocycles. The van der Waals surface area contributed by atoms with Gasteiger partial charge in [0.05, 0.1) is 0 Å². The fraction of sp³-hybridized carbons (Fsp3) is 0.538. The lowest BCUT2D eigenvalue weighted by Crippen LogP contribution is -2.07. The van der Waals surface area contributed by atoms with E-state index < -0.39 is 0 Å². The van der Waals surface area contributed by atoms with Gasteiger partial charge in [-0.1, -0.05) is 65.5 Å². The van der Waals surface area contributed by atoms with Crippen molar-refractivity contribution in [1.82, 2.24) is 0 Å². The average Bonchev–Trinajstić information content (AvgIpc) is 2.01. The maximum Gasteiger partial charge on any atom is -0.0132 e. The van der Waals surface area contributed by atoms with Crippen LogP contribution in [0.2, 0.25) is 0 Å². The number of hydrogen-bond donors (Lipinski definition) is 0. The normalized spacial score (nSPS) is 11.4. The third kappa shape index (κ3) is 7.58. The summed E-state index contributed by atoms with van der Waals surface area (Å²) in [7, 11) is 0. The maximum atomic E-state index is 3.83. The standard InChI is InChI=1S/C11H18.C2H6/c1-7-10(8-9(2)3)11(4,5)6;1-2/h7-8H,1-2H2,3-6H3;1-2H3/b10-8+;. The molecule has 0 amide bonds. The van der Waals surface area contributed by atoms with Crippen molar-refractivity contribution in [1.29, 1.82) is 0 Å². The van der Waals surface area contributed by atoms with Gasteiger partial charge in [-0.3, -0.25) is 0 Å². The van der Waals surface area contributed by atoms with Crippen LogP contribution in [0.4, 0.5) is 0 Å². The second-order valence-electron chi connectivity index (χ2n) is 3.90. The Balaban J connectivity index is 0. The summed E-state index contributed by atoms with van der Waals surface area (Å²) in [4.78, 5) is 0. The highest BCUT2D eigenvalue weighted by Gasteiger charge is 2.13. The Morgan fingerprint density at radius 2 is 1.54 bits per heavy atom. The van der Waals surface area contributed by atoms with Crippen LogP contribution in [0.1, 0.15) is 41.5 Å². The average molecular weight is 180 g/mol.